The summed E-state index contributed by atoms with van der Waals surface area (Å²) in [6.07, 6.45) is -4.85. The van der Waals surface area contributed by atoms with E-state index in [2.05, 4.69) is 28.2 Å². The Balaban J connectivity index is 1.14. The minimum Gasteiger partial charge on any atom is -0.394 e. The summed E-state index contributed by atoms with van der Waals surface area (Å²) in [6, 6.07) is 27.6. The normalized spacial score (nSPS) is 19.3. The van der Waals surface area contributed by atoms with Crippen LogP contribution < -0.4 is 21.3 Å². The Morgan fingerprint density at radius 3 is 1.68 bits per heavy atom. The van der Waals surface area contributed by atoms with Crippen molar-refractivity contribution in [2.24, 2.45) is 0 Å². The van der Waals surface area contributed by atoms with Crippen molar-refractivity contribution in [3.05, 3.63) is 149 Å². The summed E-state index contributed by atoms with van der Waals surface area (Å²) in [5.41, 5.74) is 2.49. The van der Waals surface area contributed by atoms with Crippen molar-refractivity contribution >= 4 is 47.0 Å². The van der Waals surface area contributed by atoms with Crippen LogP contribution in [-0.4, -0.2) is 123 Å². The standard InChI is InChI=1S/C46H51N4O11S/c1-2-36(45(59)50-37-41(55)40(54)35(27-51)61-46(37)60)62-26-25-48-44(58)34(49-43(57)33-22-18-31(19-23-33)39(53)29-13-7-4-8-14-29)15-9-10-24-47-42(56)32-20-16-30(17-21-32)38(52)28-11-5-3-6-12-28/h3-8,11-14,16-23,34-37,40-41,46,51,54-55,60H,1-2,9-10,15,24-27H2,(H,47,56)(H,48,58)(H,49,57)(H,50,59). The quantitative estimate of drug-likeness (QED) is 0.0445. The average Bonchev–Trinajstić information content (AvgIpc) is 3.30. The minimum absolute atomic E-state index is 0.0937. The lowest BCUT2D eigenvalue weighted by molar-refractivity contribution is -0.253. The lowest BCUT2D eigenvalue weighted by Crippen LogP contribution is -2.64. The molecule has 1 heterocycles. The number of carbonyl (C=O) groups excluding carboxylic acids is 6. The summed E-state index contributed by atoms with van der Waals surface area (Å²) in [6.45, 7) is 3.52. The fourth-order valence-corrected chi connectivity index (χ4v) is 7.54. The van der Waals surface area contributed by atoms with E-state index in [0.29, 0.717) is 40.7 Å². The second-order valence-corrected chi connectivity index (χ2v) is 15.8. The number of aliphatic hydroxyl groups excluding tert-OH is 4. The van der Waals surface area contributed by atoms with Crippen molar-refractivity contribution in [3.8, 4) is 0 Å². The molecular formula is C46H51N4O11S. The number of thioether (sulfide) groups is 1. The lowest BCUT2D eigenvalue weighted by Gasteiger charge is -2.40. The third-order valence-corrected chi connectivity index (χ3v) is 11.5. The van der Waals surface area contributed by atoms with Gasteiger partial charge in [-0.3, -0.25) is 28.8 Å². The molecule has 1 aliphatic heterocycles. The van der Waals surface area contributed by atoms with Gasteiger partial charge >= 0.3 is 0 Å². The van der Waals surface area contributed by atoms with Crippen LogP contribution in [0.4, 0.5) is 0 Å². The van der Waals surface area contributed by atoms with Crippen LogP contribution in [0.25, 0.3) is 0 Å². The molecule has 4 amide bonds. The third-order valence-electron chi connectivity index (χ3n) is 10.2. The van der Waals surface area contributed by atoms with E-state index in [-0.39, 0.29) is 54.7 Å². The van der Waals surface area contributed by atoms with Crippen molar-refractivity contribution in [2.75, 3.05) is 25.4 Å². The third kappa shape index (κ3) is 12.9. The maximum absolute atomic E-state index is 13.5. The summed E-state index contributed by atoms with van der Waals surface area (Å²) in [7, 11) is 0. The second-order valence-electron chi connectivity index (χ2n) is 14.5. The molecular weight excluding hydrogens is 817 g/mol. The zero-order valence-electron chi connectivity index (χ0n) is 33.9. The van der Waals surface area contributed by atoms with Crippen LogP contribution in [0.3, 0.4) is 0 Å². The van der Waals surface area contributed by atoms with E-state index < -0.39 is 66.3 Å². The molecule has 1 saturated heterocycles. The number of unbranched alkanes of at least 4 members (excludes halogenated alkanes) is 1. The number of rotatable bonds is 21. The predicted molar refractivity (Wildman–Crippen MR) is 231 cm³/mol. The van der Waals surface area contributed by atoms with Crippen molar-refractivity contribution in [3.63, 3.8) is 0 Å². The molecule has 62 heavy (non-hydrogen) atoms. The monoisotopic (exact) mass is 867 g/mol. The first-order chi connectivity index (χ1) is 29.9. The van der Waals surface area contributed by atoms with Gasteiger partial charge in [-0.15, -0.1) is 11.8 Å². The molecule has 15 nitrogen and oxygen atoms in total. The number of carbonyl (C=O) groups is 6. The topological polar surface area (TPSA) is 241 Å². The molecule has 1 radical (unpaired) electrons. The molecule has 327 valence electrons. The zero-order chi connectivity index (χ0) is 44.6. The number of benzene rings is 4. The summed E-state index contributed by atoms with van der Waals surface area (Å²) in [4.78, 5) is 78.4. The van der Waals surface area contributed by atoms with Gasteiger partial charge in [0.15, 0.2) is 17.9 Å². The van der Waals surface area contributed by atoms with Gasteiger partial charge in [0.2, 0.25) is 11.8 Å². The summed E-state index contributed by atoms with van der Waals surface area (Å²) in [5.74, 6) is -2.08. The van der Waals surface area contributed by atoms with Gasteiger partial charge in [-0.25, -0.2) is 0 Å². The number of aliphatic hydroxyl groups is 4. The van der Waals surface area contributed by atoms with Gasteiger partial charge in [-0.2, -0.15) is 0 Å². The van der Waals surface area contributed by atoms with E-state index in [1.807, 2.05) is 6.07 Å². The highest BCUT2D eigenvalue weighted by Gasteiger charge is 2.44. The smallest absolute Gasteiger partial charge is 0.251 e. The maximum atomic E-state index is 13.5. The van der Waals surface area contributed by atoms with Crippen LogP contribution in [0.1, 0.15) is 78.2 Å². The Hall–Kier alpha value is -5.75. The molecule has 7 atom stereocenters. The van der Waals surface area contributed by atoms with E-state index in [1.165, 1.54) is 12.1 Å². The number of ketones is 2. The first-order valence-electron chi connectivity index (χ1n) is 20.2. The van der Waals surface area contributed by atoms with Crippen LogP contribution in [0.5, 0.6) is 0 Å². The van der Waals surface area contributed by atoms with E-state index >= 15 is 0 Å². The zero-order valence-corrected chi connectivity index (χ0v) is 34.7. The number of hydrogen-bond donors (Lipinski definition) is 8. The van der Waals surface area contributed by atoms with Gasteiger partial charge in [0.05, 0.1) is 11.9 Å². The summed E-state index contributed by atoms with van der Waals surface area (Å²) >= 11 is 1.15. The molecule has 0 aromatic heterocycles. The van der Waals surface area contributed by atoms with Gasteiger partial charge in [0, 0.05) is 52.2 Å². The fourth-order valence-electron chi connectivity index (χ4n) is 6.65. The SMILES string of the molecule is [CH2]CC(SCCNC(=O)C(CCCCNC(=O)c1ccc(C(=O)c2ccccc2)cc1)NC(=O)c1ccc(C(=O)c2ccccc2)cc1)C(=O)NC1C(O)OC(CO)C(O)C1O. The number of ether oxygens (including phenoxy) is 1. The predicted octanol–water partition coefficient (Wildman–Crippen LogP) is 2.21. The Kier molecular flexibility index (Phi) is 17.9. The highest BCUT2D eigenvalue weighted by atomic mass is 32.2. The average molecular weight is 868 g/mol. The lowest BCUT2D eigenvalue weighted by atomic mass is 9.97. The van der Waals surface area contributed by atoms with E-state index in [9.17, 15) is 49.2 Å². The molecule has 8 N–H and O–H groups in total. The van der Waals surface area contributed by atoms with E-state index in [0.717, 1.165) is 11.8 Å². The summed E-state index contributed by atoms with van der Waals surface area (Å²) < 4.78 is 5.11. The molecule has 7 unspecified atom stereocenters. The van der Waals surface area contributed by atoms with Crippen molar-refractivity contribution < 1.29 is 53.9 Å². The summed E-state index contributed by atoms with van der Waals surface area (Å²) in [5, 5.41) is 50.3. The van der Waals surface area contributed by atoms with Gasteiger partial charge in [-0.1, -0.05) is 91.9 Å². The minimum atomic E-state index is -1.68. The highest BCUT2D eigenvalue weighted by Crippen LogP contribution is 2.22. The van der Waals surface area contributed by atoms with Crippen LogP contribution in [-0.2, 0) is 14.3 Å². The fraction of sp³-hybridized carbons (Fsp3) is 0.326. The molecule has 1 aliphatic rings. The first kappa shape index (κ1) is 47.3. The highest BCUT2D eigenvalue weighted by molar-refractivity contribution is 8.00. The maximum Gasteiger partial charge on any atom is 0.251 e. The largest absolute Gasteiger partial charge is 0.394 e. The van der Waals surface area contributed by atoms with Crippen LogP contribution in [0, 0.1) is 6.92 Å². The number of nitrogens with one attached hydrogen (secondary N) is 4. The van der Waals surface area contributed by atoms with E-state index in [1.54, 1.807) is 91.0 Å². The Morgan fingerprint density at radius 1 is 0.629 bits per heavy atom. The molecule has 1 fully saturated rings. The molecule has 0 saturated carbocycles. The van der Waals surface area contributed by atoms with Crippen molar-refractivity contribution in [1.82, 2.24) is 21.3 Å². The first-order valence-corrected chi connectivity index (χ1v) is 21.2. The van der Waals surface area contributed by atoms with E-state index in [4.69, 9.17) is 4.74 Å². The molecule has 0 bridgehead atoms. The molecule has 0 spiro atoms. The van der Waals surface area contributed by atoms with Gasteiger partial charge < -0.3 is 46.4 Å². The van der Waals surface area contributed by atoms with Crippen molar-refractivity contribution in [1.29, 1.82) is 0 Å². The molecule has 16 heteroatoms. The van der Waals surface area contributed by atoms with Gasteiger partial charge in [0.1, 0.15) is 30.4 Å². The van der Waals surface area contributed by atoms with Crippen molar-refractivity contribution in [2.45, 2.75) is 67.6 Å². The van der Waals surface area contributed by atoms with Crippen LogP contribution >= 0.6 is 11.8 Å². The van der Waals surface area contributed by atoms with Gasteiger partial charge in [-0.05, 0) is 49.9 Å². The second kappa shape index (κ2) is 23.5. The number of hydrogen-bond acceptors (Lipinski definition) is 12. The van der Waals surface area contributed by atoms with Crippen LogP contribution in [0.2, 0.25) is 0 Å². The Labute approximate surface area is 363 Å². The molecule has 4 aromatic rings. The Morgan fingerprint density at radius 2 is 1.15 bits per heavy atom. The molecule has 5 rings (SSSR count). The Bertz CT molecular complexity index is 2120. The van der Waals surface area contributed by atoms with Gasteiger partial charge in [0.25, 0.3) is 11.8 Å². The molecule has 4 aromatic carbocycles. The number of amides is 4. The van der Waals surface area contributed by atoms with Crippen LogP contribution in [0.15, 0.2) is 109 Å². The molecule has 0 aliphatic carbocycles.